The van der Waals surface area contributed by atoms with Gasteiger partial charge in [0.25, 0.3) is 0 Å². The second-order valence-electron chi connectivity index (χ2n) is 19.7. The number of imidazole rings is 2. The van der Waals surface area contributed by atoms with Gasteiger partial charge in [-0.15, -0.1) is 0 Å². The summed E-state index contributed by atoms with van der Waals surface area (Å²) in [7, 11) is 2.66. The molecule has 2 saturated carbocycles. The lowest BCUT2D eigenvalue weighted by Gasteiger charge is -2.35. The summed E-state index contributed by atoms with van der Waals surface area (Å²) < 4.78 is 20.9. The number of likely N-dealkylation sites (tertiary alicyclic amines) is 1. The number of hydrogen-bond donors (Lipinski definition) is 6. The number of aliphatic hydroxyl groups excluding tert-OH is 1. The van der Waals surface area contributed by atoms with Crippen molar-refractivity contribution >= 4 is 51.2 Å². The van der Waals surface area contributed by atoms with Gasteiger partial charge in [-0.2, -0.15) is 0 Å². The number of aryl methyl sites for hydroxylation is 1. The van der Waals surface area contributed by atoms with Crippen LogP contribution in [0.4, 0.5) is 9.59 Å². The Balaban J connectivity index is 0.743. The number of H-pyrrole nitrogens is 2. The molecule has 6 N–H and O–H groups in total. The summed E-state index contributed by atoms with van der Waals surface area (Å²) in [5, 5.41) is 20.4. The van der Waals surface area contributed by atoms with Crippen molar-refractivity contribution in [1.29, 1.82) is 0 Å². The fourth-order valence-electron chi connectivity index (χ4n) is 11.4. The van der Waals surface area contributed by atoms with E-state index in [0.717, 1.165) is 106 Å². The number of carbonyl (C=O) groups excluding carboxylic acids is 3. The third-order valence-corrected chi connectivity index (χ3v) is 15.6. The third-order valence-electron chi connectivity index (χ3n) is 15.6. The average Bonchev–Trinajstić information content (AvgIpc) is 4.01. The molecule has 2 aromatic carbocycles. The molecule has 362 valence electrons. The van der Waals surface area contributed by atoms with Crippen LogP contribution in [0.15, 0.2) is 60.9 Å². The quantitative estimate of drug-likeness (QED) is 0.0674. The highest BCUT2D eigenvalue weighted by Gasteiger charge is 2.57. The summed E-state index contributed by atoms with van der Waals surface area (Å²) in [5.74, 6) is 2.82. The van der Waals surface area contributed by atoms with Gasteiger partial charge in [-0.25, -0.2) is 19.6 Å². The number of pyridine rings is 2. The molecule has 1 unspecified atom stereocenters. The zero-order valence-electron chi connectivity index (χ0n) is 39.2. The lowest BCUT2D eigenvalue weighted by atomic mass is 9.90. The number of methoxy groups -OCH3 is 2. The minimum atomic E-state index is -0.897. The summed E-state index contributed by atoms with van der Waals surface area (Å²) in [6.07, 6.45) is 8.09. The van der Waals surface area contributed by atoms with Gasteiger partial charge in [-0.05, 0) is 122 Å². The van der Waals surface area contributed by atoms with Gasteiger partial charge in [0, 0.05) is 68.5 Å². The van der Waals surface area contributed by atoms with Crippen molar-refractivity contribution in [2.24, 2.45) is 29.6 Å². The van der Waals surface area contributed by atoms with E-state index in [-0.39, 0.29) is 35.9 Å². The minimum absolute atomic E-state index is 0.0312. The smallest absolute Gasteiger partial charge is 0.407 e. The summed E-state index contributed by atoms with van der Waals surface area (Å²) in [6.45, 7) is 4.53. The van der Waals surface area contributed by atoms with Crippen LogP contribution in [0.25, 0.3) is 55.4 Å². The molecule has 69 heavy (non-hydrogen) atoms. The maximum absolute atomic E-state index is 14.3. The van der Waals surface area contributed by atoms with E-state index in [1.165, 1.54) is 14.2 Å². The Morgan fingerprint density at radius 3 is 2.03 bits per heavy atom. The highest BCUT2D eigenvalue weighted by atomic mass is 16.5. The van der Waals surface area contributed by atoms with Crippen LogP contribution >= 0.6 is 0 Å². The second-order valence-corrected chi connectivity index (χ2v) is 19.7. The number of aromatic nitrogens is 6. The Kier molecular flexibility index (Phi) is 12.4. The fraction of sp³-hybridized carbons (Fsp3) is 0.510. The Morgan fingerprint density at radius 2 is 1.38 bits per heavy atom. The maximum Gasteiger partial charge on any atom is 0.407 e. The van der Waals surface area contributed by atoms with Gasteiger partial charge >= 0.3 is 12.2 Å². The van der Waals surface area contributed by atoms with Gasteiger partial charge in [-0.3, -0.25) is 20.1 Å². The van der Waals surface area contributed by atoms with Crippen molar-refractivity contribution in [3.63, 3.8) is 0 Å². The van der Waals surface area contributed by atoms with Crippen LogP contribution in [0.5, 0.6) is 0 Å². The third kappa shape index (κ3) is 9.22. The molecule has 3 aliphatic heterocycles. The Bertz CT molecular complexity index is 2880. The number of piperidine rings is 1. The summed E-state index contributed by atoms with van der Waals surface area (Å²) in [4.78, 5) is 67.6. The Morgan fingerprint density at radius 1 is 0.768 bits per heavy atom. The van der Waals surface area contributed by atoms with Gasteiger partial charge in [0.2, 0.25) is 5.91 Å². The van der Waals surface area contributed by atoms with Gasteiger partial charge in [-0.1, -0.05) is 19.1 Å². The summed E-state index contributed by atoms with van der Waals surface area (Å²) in [5.41, 5.74) is 8.93. The maximum atomic E-state index is 14.3. The molecule has 2 aliphatic carbocycles. The molecule has 18 nitrogen and oxygen atoms in total. The van der Waals surface area contributed by atoms with E-state index in [9.17, 15) is 19.5 Å². The first-order valence-corrected chi connectivity index (χ1v) is 24.5. The summed E-state index contributed by atoms with van der Waals surface area (Å²) >= 11 is 0. The normalized spacial score (nSPS) is 25.0. The molecule has 6 aromatic rings. The highest BCUT2D eigenvalue weighted by Crippen LogP contribution is 2.54. The van der Waals surface area contributed by atoms with Crippen LogP contribution in [0.3, 0.4) is 0 Å². The number of benzene rings is 2. The average molecular weight is 941 g/mol. The number of fused-ring (bicyclic) bond motifs is 4. The number of rotatable bonds is 14. The molecular formula is C51H60N10O8. The highest BCUT2D eigenvalue weighted by molar-refractivity contribution is 5.90. The molecule has 0 spiro atoms. The van der Waals surface area contributed by atoms with E-state index in [4.69, 9.17) is 38.9 Å². The van der Waals surface area contributed by atoms with Crippen molar-refractivity contribution in [1.82, 2.24) is 50.8 Å². The molecule has 3 saturated heterocycles. The van der Waals surface area contributed by atoms with E-state index in [0.29, 0.717) is 57.0 Å². The standard InChI is InChI=1S/C51H60N10O8/c1-26-34(44(26)58-48(62)45(59-50(64)66-2)27-10-14-68-15-11-27)6-9-43-54-35-7-4-29(18-39(35)55-43)32-20-37-38(52-24-32)21-33(25-53-37)30-5-8-36-40(19-30)57-47(56-36)42-23-31-22-41(31)61(42)49(63)46(60-51(65)67-3)28-12-16-69-17-13-28/h4-5,7-8,18-21,24-28,31,34,41-42,44-46,48,58,62H,6,9-17,22-23H2,1-3H3,(H,54,55)(H,56,57)(H,59,64)(H,60,65)/t26-,31-,34+,41-,42+,44-,45+,46+,48?/m1/s1. The zero-order chi connectivity index (χ0) is 47.3. The van der Waals surface area contributed by atoms with Crippen LogP contribution in [-0.2, 0) is 30.2 Å². The van der Waals surface area contributed by atoms with E-state index in [2.05, 4.69) is 63.2 Å². The molecule has 3 amide bonds. The second kappa shape index (κ2) is 18.9. The van der Waals surface area contributed by atoms with Crippen LogP contribution in [0.2, 0.25) is 0 Å². The van der Waals surface area contributed by atoms with Crippen molar-refractivity contribution < 1.29 is 38.4 Å². The topological polar surface area (TPSA) is 231 Å². The molecule has 5 fully saturated rings. The van der Waals surface area contributed by atoms with Crippen LogP contribution in [-0.4, -0.2) is 129 Å². The molecule has 18 heteroatoms. The van der Waals surface area contributed by atoms with E-state index in [1.54, 1.807) is 0 Å². The first kappa shape index (κ1) is 45.2. The SMILES string of the molecule is COC(=O)N[C@@H](C1CCOCC1)C(O)N[C@@H]1[C@H](C)[C@@H]1CCc1nc2ccc(-c3cnc4cc(-c5ccc6nc([C@@H]7C[C@H]8C[C@H]8N7C(=O)[C@@H](NC(=O)OC)C7CCOCC7)[nH]c6c5)cnc4c3)cc2[nH]1. The van der Waals surface area contributed by atoms with Crippen molar-refractivity contribution in [3.8, 4) is 22.3 Å². The molecule has 5 aliphatic rings. The fourth-order valence-corrected chi connectivity index (χ4v) is 11.4. The predicted molar refractivity (Wildman–Crippen MR) is 255 cm³/mol. The molecule has 7 heterocycles. The van der Waals surface area contributed by atoms with E-state index >= 15 is 0 Å². The van der Waals surface area contributed by atoms with Gasteiger partial charge in [0.1, 0.15) is 23.9 Å². The monoisotopic (exact) mass is 940 g/mol. The number of nitrogens with one attached hydrogen (secondary N) is 5. The zero-order valence-corrected chi connectivity index (χ0v) is 39.2. The minimum Gasteiger partial charge on any atom is -0.453 e. The number of nitrogens with zero attached hydrogens (tertiary/aromatic N) is 5. The number of amides is 3. The Hall–Kier alpha value is -6.21. The van der Waals surface area contributed by atoms with Crippen LogP contribution in [0.1, 0.15) is 69.6 Å². The van der Waals surface area contributed by atoms with Crippen LogP contribution < -0.4 is 16.0 Å². The van der Waals surface area contributed by atoms with Crippen LogP contribution in [0, 0.1) is 29.6 Å². The summed E-state index contributed by atoms with van der Waals surface area (Å²) in [6, 6.07) is 15.3. The number of aliphatic hydroxyl groups is 1. The van der Waals surface area contributed by atoms with E-state index < -0.39 is 30.5 Å². The molecule has 9 atom stereocenters. The van der Waals surface area contributed by atoms with Crippen molar-refractivity contribution in [2.75, 3.05) is 40.6 Å². The molecule has 4 aromatic heterocycles. The molecular weight excluding hydrogens is 881 g/mol. The number of carbonyl (C=O) groups is 3. The number of alkyl carbamates (subject to hydrolysis) is 2. The largest absolute Gasteiger partial charge is 0.453 e. The lowest BCUT2D eigenvalue weighted by Crippen LogP contribution is -2.55. The van der Waals surface area contributed by atoms with E-state index in [1.807, 2.05) is 35.5 Å². The molecule has 11 rings (SSSR count). The number of ether oxygens (including phenoxy) is 4. The predicted octanol–water partition coefficient (Wildman–Crippen LogP) is 6.16. The van der Waals surface area contributed by atoms with Gasteiger partial charge in [0.05, 0.1) is 59.4 Å². The number of hydrogen-bond acceptors (Lipinski definition) is 13. The number of aromatic amines is 2. The van der Waals surface area contributed by atoms with Gasteiger partial charge < -0.3 is 49.6 Å². The van der Waals surface area contributed by atoms with Gasteiger partial charge in [0.15, 0.2) is 0 Å². The van der Waals surface area contributed by atoms with Crippen molar-refractivity contribution in [2.45, 2.75) is 94.7 Å². The first-order chi connectivity index (χ1) is 33.6. The molecule has 0 radical (unpaired) electrons. The van der Waals surface area contributed by atoms with Crippen molar-refractivity contribution in [3.05, 3.63) is 72.6 Å². The molecule has 0 bridgehead atoms. The lowest BCUT2D eigenvalue weighted by molar-refractivity contribution is -0.138. The first-order valence-electron chi connectivity index (χ1n) is 24.5. The Labute approximate surface area is 399 Å².